The Morgan fingerprint density at radius 3 is 1.67 bits per heavy atom. The normalized spacial score (nSPS) is 12.6. The van der Waals surface area contributed by atoms with Gasteiger partial charge in [-0.1, -0.05) is 67.6 Å². The van der Waals surface area contributed by atoms with Gasteiger partial charge in [0.15, 0.2) is 0 Å². The minimum Gasteiger partial charge on any atom is -0.330 e. The first-order valence-electron chi connectivity index (χ1n) is 6.63. The van der Waals surface area contributed by atoms with Crippen LogP contribution in [0.5, 0.6) is 0 Å². The first-order chi connectivity index (χ1) is 8.83. The molecule has 18 heavy (non-hydrogen) atoms. The van der Waals surface area contributed by atoms with Crippen molar-refractivity contribution in [2.45, 2.75) is 19.3 Å². The van der Waals surface area contributed by atoms with Gasteiger partial charge < -0.3 is 5.73 Å². The summed E-state index contributed by atoms with van der Waals surface area (Å²) in [6.07, 6.45) is 1.05. The zero-order chi connectivity index (χ0) is 12.8. The number of nitrogens with two attached hydrogens (primary N) is 1. The second-order valence-corrected chi connectivity index (χ2v) is 4.85. The standard InChI is InChI=1S/C17H21N/c1-14(12-13-18)17(15-8-4-2-5-9-15)16-10-6-3-7-11-16/h2-11,14,17H,12-13,18H2,1H3. The first kappa shape index (κ1) is 12.8. The molecule has 2 aromatic rings. The highest BCUT2D eigenvalue weighted by molar-refractivity contribution is 5.33. The maximum atomic E-state index is 5.72. The second kappa shape index (κ2) is 6.36. The van der Waals surface area contributed by atoms with E-state index < -0.39 is 0 Å². The molecule has 2 aromatic carbocycles. The maximum absolute atomic E-state index is 5.72. The average molecular weight is 239 g/mol. The number of benzene rings is 2. The van der Waals surface area contributed by atoms with Crippen molar-refractivity contribution in [1.29, 1.82) is 0 Å². The fourth-order valence-electron chi connectivity index (χ4n) is 2.60. The lowest BCUT2D eigenvalue weighted by Crippen LogP contribution is -2.15. The van der Waals surface area contributed by atoms with Gasteiger partial charge in [0, 0.05) is 5.92 Å². The Morgan fingerprint density at radius 1 is 0.833 bits per heavy atom. The molecule has 0 aliphatic rings. The Bertz CT molecular complexity index is 410. The third-order valence-electron chi connectivity index (χ3n) is 3.51. The molecule has 2 rings (SSSR count). The van der Waals surface area contributed by atoms with Crippen molar-refractivity contribution in [2.75, 3.05) is 6.54 Å². The van der Waals surface area contributed by atoms with E-state index in [0.29, 0.717) is 11.8 Å². The topological polar surface area (TPSA) is 26.0 Å². The lowest BCUT2D eigenvalue weighted by atomic mass is 9.80. The predicted molar refractivity (Wildman–Crippen MR) is 77.6 cm³/mol. The smallest absolute Gasteiger partial charge is 0.0115 e. The highest BCUT2D eigenvalue weighted by Gasteiger charge is 2.20. The molecule has 1 heteroatoms. The Balaban J connectivity index is 2.35. The van der Waals surface area contributed by atoms with E-state index in [1.807, 2.05) is 0 Å². The molecule has 0 saturated heterocycles. The zero-order valence-corrected chi connectivity index (χ0v) is 10.9. The SMILES string of the molecule is CC(CCN)C(c1ccccc1)c1ccccc1. The molecular weight excluding hydrogens is 218 g/mol. The van der Waals surface area contributed by atoms with E-state index in [9.17, 15) is 0 Å². The molecule has 0 spiro atoms. The van der Waals surface area contributed by atoms with Crippen molar-refractivity contribution >= 4 is 0 Å². The minimum absolute atomic E-state index is 0.441. The van der Waals surface area contributed by atoms with Crippen LogP contribution in [0.4, 0.5) is 0 Å². The summed E-state index contributed by atoms with van der Waals surface area (Å²) in [6.45, 7) is 3.04. The van der Waals surface area contributed by atoms with Gasteiger partial charge in [0.2, 0.25) is 0 Å². The quantitative estimate of drug-likeness (QED) is 0.843. The third kappa shape index (κ3) is 2.99. The summed E-state index contributed by atoms with van der Waals surface area (Å²) in [4.78, 5) is 0. The largest absolute Gasteiger partial charge is 0.330 e. The Hall–Kier alpha value is -1.60. The Morgan fingerprint density at radius 2 is 1.28 bits per heavy atom. The Labute approximate surface area is 110 Å². The van der Waals surface area contributed by atoms with Crippen LogP contribution in [-0.4, -0.2) is 6.54 Å². The Kier molecular flexibility index (Phi) is 4.54. The van der Waals surface area contributed by atoms with Gasteiger partial charge in [-0.3, -0.25) is 0 Å². The van der Waals surface area contributed by atoms with Gasteiger partial charge in [0.1, 0.15) is 0 Å². The molecular formula is C17H21N. The minimum atomic E-state index is 0.441. The number of hydrogen-bond donors (Lipinski definition) is 1. The zero-order valence-electron chi connectivity index (χ0n) is 10.9. The molecule has 1 atom stereocenters. The molecule has 0 aliphatic carbocycles. The summed E-state index contributed by atoms with van der Waals surface area (Å²) in [5, 5.41) is 0. The van der Waals surface area contributed by atoms with Gasteiger partial charge in [-0.05, 0) is 30.0 Å². The molecule has 1 unspecified atom stereocenters. The average Bonchev–Trinajstić information content (AvgIpc) is 2.42. The number of hydrogen-bond acceptors (Lipinski definition) is 1. The van der Waals surface area contributed by atoms with E-state index in [4.69, 9.17) is 5.73 Å². The van der Waals surface area contributed by atoms with Gasteiger partial charge in [-0.15, -0.1) is 0 Å². The molecule has 0 heterocycles. The van der Waals surface area contributed by atoms with Crippen molar-refractivity contribution in [1.82, 2.24) is 0 Å². The summed E-state index contributed by atoms with van der Waals surface area (Å²) in [6, 6.07) is 21.4. The van der Waals surface area contributed by atoms with Gasteiger partial charge in [-0.2, -0.15) is 0 Å². The molecule has 0 bridgehead atoms. The molecule has 0 amide bonds. The second-order valence-electron chi connectivity index (χ2n) is 4.85. The van der Waals surface area contributed by atoms with Crippen molar-refractivity contribution in [3.8, 4) is 0 Å². The van der Waals surface area contributed by atoms with Crippen LogP contribution in [0.15, 0.2) is 60.7 Å². The summed E-state index contributed by atoms with van der Waals surface area (Å²) >= 11 is 0. The molecule has 0 saturated carbocycles. The van der Waals surface area contributed by atoms with Crippen molar-refractivity contribution < 1.29 is 0 Å². The molecule has 0 aliphatic heterocycles. The van der Waals surface area contributed by atoms with Crippen LogP contribution in [0, 0.1) is 5.92 Å². The van der Waals surface area contributed by atoms with Gasteiger partial charge in [-0.25, -0.2) is 0 Å². The molecule has 0 radical (unpaired) electrons. The highest BCUT2D eigenvalue weighted by Crippen LogP contribution is 2.33. The first-order valence-corrected chi connectivity index (χ1v) is 6.63. The van der Waals surface area contributed by atoms with Crippen molar-refractivity contribution in [3.05, 3.63) is 71.8 Å². The molecule has 0 fully saturated rings. The van der Waals surface area contributed by atoms with E-state index in [1.54, 1.807) is 0 Å². The van der Waals surface area contributed by atoms with Gasteiger partial charge in [0.25, 0.3) is 0 Å². The van der Waals surface area contributed by atoms with E-state index in [0.717, 1.165) is 13.0 Å². The van der Waals surface area contributed by atoms with Crippen LogP contribution in [0.3, 0.4) is 0 Å². The van der Waals surface area contributed by atoms with Crippen LogP contribution < -0.4 is 5.73 Å². The van der Waals surface area contributed by atoms with E-state index in [-0.39, 0.29) is 0 Å². The van der Waals surface area contributed by atoms with Crippen LogP contribution in [-0.2, 0) is 0 Å². The lowest BCUT2D eigenvalue weighted by molar-refractivity contribution is 0.481. The molecule has 94 valence electrons. The summed E-state index contributed by atoms with van der Waals surface area (Å²) in [5.41, 5.74) is 8.48. The molecule has 0 aromatic heterocycles. The van der Waals surface area contributed by atoms with E-state index in [2.05, 4.69) is 67.6 Å². The monoisotopic (exact) mass is 239 g/mol. The van der Waals surface area contributed by atoms with Crippen LogP contribution >= 0.6 is 0 Å². The van der Waals surface area contributed by atoms with Gasteiger partial charge in [0.05, 0.1) is 0 Å². The summed E-state index contributed by atoms with van der Waals surface area (Å²) < 4.78 is 0. The molecule has 2 N–H and O–H groups in total. The van der Waals surface area contributed by atoms with Crippen molar-refractivity contribution in [3.63, 3.8) is 0 Å². The van der Waals surface area contributed by atoms with E-state index >= 15 is 0 Å². The van der Waals surface area contributed by atoms with Crippen LogP contribution in [0.25, 0.3) is 0 Å². The van der Waals surface area contributed by atoms with Crippen LogP contribution in [0.2, 0.25) is 0 Å². The number of rotatable bonds is 5. The highest BCUT2D eigenvalue weighted by atomic mass is 14.5. The third-order valence-corrected chi connectivity index (χ3v) is 3.51. The van der Waals surface area contributed by atoms with Crippen LogP contribution in [0.1, 0.15) is 30.4 Å². The molecule has 1 nitrogen and oxygen atoms in total. The summed E-state index contributed by atoms with van der Waals surface area (Å²) in [7, 11) is 0. The van der Waals surface area contributed by atoms with Crippen molar-refractivity contribution in [2.24, 2.45) is 11.7 Å². The van der Waals surface area contributed by atoms with E-state index in [1.165, 1.54) is 11.1 Å². The van der Waals surface area contributed by atoms with Gasteiger partial charge >= 0.3 is 0 Å². The fourth-order valence-corrected chi connectivity index (χ4v) is 2.60. The lowest BCUT2D eigenvalue weighted by Gasteiger charge is -2.24. The maximum Gasteiger partial charge on any atom is 0.0115 e. The summed E-state index contributed by atoms with van der Waals surface area (Å²) in [5.74, 6) is 0.996. The fraction of sp³-hybridized carbons (Fsp3) is 0.294. The predicted octanol–water partition coefficient (Wildman–Crippen LogP) is 3.80.